The summed E-state index contributed by atoms with van der Waals surface area (Å²) in [6.45, 7) is 4.18. The molecule has 0 amide bonds. The smallest absolute Gasteiger partial charge is 0.345 e. The van der Waals surface area contributed by atoms with Crippen LogP contribution < -0.4 is 0 Å². The lowest BCUT2D eigenvalue weighted by Crippen LogP contribution is -2.04. The third kappa shape index (κ3) is 2.06. The zero-order chi connectivity index (χ0) is 13.6. The van der Waals surface area contributed by atoms with Crippen LogP contribution in [0.25, 0.3) is 10.2 Å². The minimum Gasteiger partial charge on any atom is -0.477 e. The Morgan fingerprint density at radius 1 is 1.47 bits per heavy atom. The number of aromatic nitrogens is 2. The highest BCUT2D eigenvalue weighted by atomic mass is 32.1. The second kappa shape index (κ2) is 4.63. The summed E-state index contributed by atoms with van der Waals surface area (Å²) >= 11 is 1.34. The average molecular weight is 278 g/mol. The van der Waals surface area contributed by atoms with Crippen molar-refractivity contribution in [2.75, 3.05) is 0 Å². The molecule has 0 radical (unpaired) electrons. The van der Waals surface area contributed by atoms with Gasteiger partial charge in [-0.25, -0.2) is 4.79 Å². The molecule has 19 heavy (non-hydrogen) atoms. The number of carbonyl (C=O) groups is 1. The molecule has 2 heterocycles. The number of carboxylic acids is 1. The Hall–Kier alpha value is -1.36. The highest BCUT2D eigenvalue weighted by Gasteiger charge is 2.26. The van der Waals surface area contributed by atoms with Crippen molar-refractivity contribution in [2.24, 2.45) is 0 Å². The number of fused-ring (bicyclic) bond motifs is 1. The minimum atomic E-state index is -0.839. The first-order chi connectivity index (χ1) is 9.08. The molecule has 0 unspecified atom stereocenters. The van der Waals surface area contributed by atoms with E-state index in [0.717, 1.165) is 15.9 Å². The van der Waals surface area contributed by atoms with Crippen LogP contribution in [0, 0.1) is 0 Å². The van der Waals surface area contributed by atoms with Crippen LogP contribution in [0.4, 0.5) is 0 Å². The zero-order valence-electron chi connectivity index (χ0n) is 11.2. The van der Waals surface area contributed by atoms with E-state index in [0.29, 0.717) is 10.8 Å². The van der Waals surface area contributed by atoms with Gasteiger partial charge in [-0.3, -0.25) is 4.68 Å². The molecule has 1 saturated carbocycles. The van der Waals surface area contributed by atoms with Gasteiger partial charge in [0.25, 0.3) is 0 Å². The van der Waals surface area contributed by atoms with E-state index in [1.807, 2.05) is 10.7 Å². The summed E-state index contributed by atoms with van der Waals surface area (Å²) in [6.07, 6.45) is 4.89. The van der Waals surface area contributed by atoms with Crippen LogP contribution in [0.2, 0.25) is 0 Å². The molecular formula is C14H18N2O2S. The van der Waals surface area contributed by atoms with Crippen LogP contribution in [0.1, 0.15) is 66.9 Å². The zero-order valence-corrected chi connectivity index (χ0v) is 12.0. The lowest BCUT2D eigenvalue weighted by molar-refractivity contribution is 0.0702. The van der Waals surface area contributed by atoms with E-state index in [4.69, 9.17) is 5.10 Å². The minimum absolute atomic E-state index is 0.262. The van der Waals surface area contributed by atoms with Crippen molar-refractivity contribution in [2.45, 2.75) is 51.5 Å². The van der Waals surface area contributed by atoms with Gasteiger partial charge in [-0.1, -0.05) is 12.8 Å². The van der Waals surface area contributed by atoms with Crippen LogP contribution >= 0.6 is 11.3 Å². The molecule has 0 aromatic carbocycles. The number of hydrogen-bond donors (Lipinski definition) is 1. The number of rotatable bonds is 3. The van der Waals surface area contributed by atoms with Crippen molar-refractivity contribution in [3.8, 4) is 0 Å². The first kappa shape index (κ1) is 12.7. The van der Waals surface area contributed by atoms with E-state index in [9.17, 15) is 9.90 Å². The lowest BCUT2D eigenvalue weighted by Gasteiger charge is -2.07. The van der Waals surface area contributed by atoms with Crippen molar-refractivity contribution in [1.82, 2.24) is 9.78 Å². The van der Waals surface area contributed by atoms with Gasteiger partial charge >= 0.3 is 5.97 Å². The van der Waals surface area contributed by atoms with Gasteiger partial charge in [0.1, 0.15) is 9.71 Å². The Labute approximate surface area is 116 Å². The molecule has 1 fully saturated rings. The third-order valence-corrected chi connectivity index (χ3v) is 4.97. The van der Waals surface area contributed by atoms with Crippen molar-refractivity contribution < 1.29 is 9.90 Å². The average Bonchev–Trinajstić information content (AvgIpc) is 3.03. The molecule has 102 valence electrons. The Morgan fingerprint density at radius 2 is 2.16 bits per heavy atom. The Morgan fingerprint density at radius 3 is 2.74 bits per heavy atom. The van der Waals surface area contributed by atoms with E-state index in [1.54, 1.807) is 0 Å². The maximum absolute atomic E-state index is 11.2. The molecule has 0 aliphatic heterocycles. The second-order valence-electron chi connectivity index (χ2n) is 5.54. The summed E-state index contributed by atoms with van der Waals surface area (Å²) in [5.41, 5.74) is 1.12. The normalized spacial score (nSPS) is 16.8. The maximum atomic E-state index is 11.2. The van der Waals surface area contributed by atoms with E-state index in [2.05, 4.69) is 13.8 Å². The van der Waals surface area contributed by atoms with Gasteiger partial charge in [-0.05, 0) is 32.8 Å². The topological polar surface area (TPSA) is 55.1 Å². The quantitative estimate of drug-likeness (QED) is 0.922. The fourth-order valence-electron chi connectivity index (χ4n) is 2.91. The summed E-state index contributed by atoms with van der Waals surface area (Å²) in [5, 5.41) is 15.0. The Kier molecular flexibility index (Phi) is 3.09. The molecule has 3 rings (SSSR count). The summed E-state index contributed by atoms with van der Waals surface area (Å²) in [4.78, 5) is 12.6. The second-order valence-corrected chi connectivity index (χ2v) is 6.57. The maximum Gasteiger partial charge on any atom is 0.345 e. The van der Waals surface area contributed by atoms with Gasteiger partial charge in [0, 0.05) is 17.3 Å². The molecule has 0 bridgehead atoms. The summed E-state index contributed by atoms with van der Waals surface area (Å²) in [6, 6.07) is 2.07. The molecule has 1 aliphatic carbocycles. The van der Waals surface area contributed by atoms with Crippen molar-refractivity contribution in [1.29, 1.82) is 0 Å². The van der Waals surface area contributed by atoms with Gasteiger partial charge in [-0.15, -0.1) is 11.3 Å². The molecule has 1 aliphatic rings. The number of nitrogens with zero attached hydrogens (tertiary/aromatic N) is 2. The van der Waals surface area contributed by atoms with Crippen LogP contribution in [0.5, 0.6) is 0 Å². The Bertz CT molecular complexity index is 621. The Balaban J connectivity index is 2.17. The van der Waals surface area contributed by atoms with Crippen LogP contribution in [0.15, 0.2) is 6.07 Å². The summed E-state index contributed by atoms with van der Waals surface area (Å²) in [7, 11) is 0. The van der Waals surface area contributed by atoms with Gasteiger partial charge in [-0.2, -0.15) is 5.10 Å². The fraction of sp³-hybridized carbons (Fsp3) is 0.571. The van der Waals surface area contributed by atoms with E-state index < -0.39 is 5.97 Å². The largest absolute Gasteiger partial charge is 0.477 e. The van der Waals surface area contributed by atoms with E-state index in [1.165, 1.54) is 37.0 Å². The molecule has 0 atom stereocenters. The monoisotopic (exact) mass is 278 g/mol. The molecule has 2 aromatic heterocycles. The molecule has 1 N–H and O–H groups in total. The molecule has 4 nitrogen and oxygen atoms in total. The van der Waals surface area contributed by atoms with Gasteiger partial charge in [0.2, 0.25) is 0 Å². The van der Waals surface area contributed by atoms with Crippen molar-refractivity contribution in [3.63, 3.8) is 0 Å². The highest BCUT2D eigenvalue weighted by molar-refractivity contribution is 7.20. The SMILES string of the molecule is CC(C)n1nc(C2CCCC2)c2cc(C(=O)O)sc21. The summed E-state index contributed by atoms with van der Waals surface area (Å²) < 4.78 is 1.99. The third-order valence-electron chi connectivity index (χ3n) is 3.85. The number of thiophene rings is 1. The van der Waals surface area contributed by atoms with Crippen LogP contribution in [-0.2, 0) is 0 Å². The predicted octanol–water partition coefficient (Wildman–Crippen LogP) is 4.03. The van der Waals surface area contributed by atoms with Gasteiger partial charge in [0.05, 0.1) is 5.69 Å². The molecule has 5 heteroatoms. The molecule has 0 spiro atoms. The first-order valence-corrected chi connectivity index (χ1v) is 7.65. The molecular weight excluding hydrogens is 260 g/mol. The van der Waals surface area contributed by atoms with Gasteiger partial charge < -0.3 is 5.11 Å². The molecule has 0 saturated heterocycles. The standard InChI is InChI=1S/C14H18N2O2S/c1-8(2)16-13-10(7-11(19-13)14(17)18)12(15-16)9-5-3-4-6-9/h7-9H,3-6H2,1-2H3,(H,17,18). The van der Waals surface area contributed by atoms with E-state index in [-0.39, 0.29) is 6.04 Å². The number of hydrogen-bond acceptors (Lipinski definition) is 3. The first-order valence-electron chi connectivity index (χ1n) is 6.83. The van der Waals surface area contributed by atoms with Gasteiger partial charge in [0.15, 0.2) is 0 Å². The fourth-order valence-corrected chi connectivity index (χ4v) is 4.00. The predicted molar refractivity (Wildman–Crippen MR) is 76.2 cm³/mol. The number of aromatic carboxylic acids is 1. The lowest BCUT2D eigenvalue weighted by atomic mass is 10.0. The summed E-state index contributed by atoms with van der Waals surface area (Å²) in [5.74, 6) is -0.326. The number of carboxylic acid groups (broad SMARTS) is 1. The van der Waals surface area contributed by atoms with Crippen molar-refractivity contribution in [3.05, 3.63) is 16.6 Å². The highest BCUT2D eigenvalue weighted by Crippen LogP contribution is 2.40. The van der Waals surface area contributed by atoms with Crippen LogP contribution in [-0.4, -0.2) is 20.9 Å². The van der Waals surface area contributed by atoms with Crippen molar-refractivity contribution >= 4 is 27.5 Å². The van der Waals surface area contributed by atoms with Crippen LogP contribution in [0.3, 0.4) is 0 Å². The molecule has 2 aromatic rings. The van der Waals surface area contributed by atoms with E-state index >= 15 is 0 Å².